The monoisotopic (exact) mass is 263 g/mol. The molecule has 7 heteroatoms. The molecule has 3 N–H and O–H groups in total. The van der Waals surface area contributed by atoms with Gasteiger partial charge < -0.3 is 11.2 Å². The Morgan fingerprint density at radius 3 is 2.35 bits per heavy atom. The summed E-state index contributed by atoms with van der Waals surface area (Å²) in [4.78, 5) is -0.270. The Morgan fingerprint density at radius 1 is 1.35 bits per heavy atom. The van der Waals surface area contributed by atoms with Crippen LogP contribution >= 0.6 is 12.2 Å². The van der Waals surface area contributed by atoms with Crippen LogP contribution in [-0.2, 0) is 6.18 Å². The Bertz CT molecular complexity index is 429. The summed E-state index contributed by atoms with van der Waals surface area (Å²) in [7, 11) is 3.35. The summed E-state index contributed by atoms with van der Waals surface area (Å²) in [5.41, 5.74) is 7.31. The molecule has 0 aliphatic carbocycles. The molecule has 0 amide bonds. The standard InChI is InChI=1S/C10H12F3N3S/c1-16(2)15-6-3-4-7(9(14)17)8(5-6)10(11,12)13/h3-5,15H,1-2H3,(H2,14,17). The van der Waals surface area contributed by atoms with Gasteiger partial charge in [-0.2, -0.15) is 13.2 Å². The number of rotatable bonds is 3. The van der Waals surface area contributed by atoms with E-state index in [1.54, 1.807) is 14.1 Å². The summed E-state index contributed by atoms with van der Waals surface area (Å²) in [6, 6.07) is 3.73. The van der Waals surface area contributed by atoms with Gasteiger partial charge in [-0.3, -0.25) is 0 Å². The van der Waals surface area contributed by atoms with Gasteiger partial charge in [0.2, 0.25) is 0 Å². The van der Waals surface area contributed by atoms with Gasteiger partial charge in [-0.25, -0.2) is 5.01 Å². The molecule has 0 fully saturated rings. The molecular formula is C10H12F3N3S. The zero-order valence-corrected chi connectivity index (χ0v) is 10.1. The predicted octanol–water partition coefficient (Wildman–Crippen LogP) is 2.23. The van der Waals surface area contributed by atoms with E-state index >= 15 is 0 Å². The lowest BCUT2D eigenvalue weighted by atomic mass is 10.1. The highest BCUT2D eigenvalue weighted by atomic mass is 32.1. The molecule has 3 nitrogen and oxygen atoms in total. The van der Waals surface area contributed by atoms with Crippen molar-refractivity contribution in [2.75, 3.05) is 19.5 Å². The average molecular weight is 263 g/mol. The Morgan fingerprint density at radius 2 is 1.94 bits per heavy atom. The molecular weight excluding hydrogens is 251 g/mol. The summed E-state index contributed by atoms with van der Waals surface area (Å²) in [5, 5.41) is 1.54. The molecule has 0 radical (unpaired) electrons. The smallest absolute Gasteiger partial charge is 0.389 e. The molecule has 17 heavy (non-hydrogen) atoms. The fourth-order valence-corrected chi connectivity index (χ4v) is 1.50. The van der Waals surface area contributed by atoms with Crippen molar-refractivity contribution in [2.24, 2.45) is 5.73 Å². The first kappa shape index (κ1) is 13.7. The van der Waals surface area contributed by atoms with E-state index in [1.165, 1.54) is 17.1 Å². The van der Waals surface area contributed by atoms with Crippen LogP contribution in [0.5, 0.6) is 0 Å². The molecule has 0 unspecified atom stereocenters. The summed E-state index contributed by atoms with van der Waals surface area (Å²) >= 11 is 4.60. The van der Waals surface area contributed by atoms with Crippen LogP contribution in [-0.4, -0.2) is 24.1 Å². The highest BCUT2D eigenvalue weighted by molar-refractivity contribution is 7.80. The second-order valence-corrected chi connectivity index (χ2v) is 4.07. The zero-order valence-electron chi connectivity index (χ0n) is 9.30. The number of anilines is 1. The number of hydrogen-bond acceptors (Lipinski definition) is 3. The molecule has 0 aliphatic heterocycles. The number of hydrazine groups is 1. The van der Waals surface area contributed by atoms with E-state index in [1.807, 2.05) is 0 Å². The van der Waals surface area contributed by atoms with Crippen LogP contribution in [0.15, 0.2) is 18.2 Å². The highest BCUT2D eigenvalue weighted by Gasteiger charge is 2.34. The van der Waals surface area contributed by atoms with E-state index in [2.05, 4.69) is 17.6 Å². The van der Waals surface area contributed by atoms with E-state index < -0.39 is 11.7 Å². The second kappa shape index (κ2) is 4.89. The molecule has 0 aliphatic rings. The fraction of sp³-hybridized carbons (Fsp3) is 0.300. The largest absolute Gasteiger partial charge is 0.417 e. The number of nitrogens with one attached hydrogen (secondary N) is 1. The maximum Gasteiger partial charge on any atom is 0.417 e. The average Bonchev–Trinajstić information content (AvgIpc) is 2.14. The first-order valence-corrected chi connectivity index (χ1v) is 5.07. The maximum atomic E-state index is 12.8. The van der Waals surface area contributed by atoms with Gasteiger partial charge in [-0.15, -0.1) is 0 Å². The Labute approximate surface area is 102 Å². The van der Waals surface area contributed by atoms with Gasteiger partial charge in [0, 0.05) is 25.3 Å². The SMILES string of the molecule is CN(C)Nc1ccc(C(N)=S)c(C(F)(F)F)c1. The van der Waals surface area contributed by atoms with Gasteiger partial charge in [0.15, 0.2) is 0 Å². The number of halogens is 3. The molecule has 1 aromatic rings. The molecule has 0 spiro atoms. The van der Waals surface area contributed by atoms with Crippen LogP contribution in [0.4, 0.5) is 18.9 Å². The molecule has 94 valence electrons. The summed E-state index contributed by atoms with van der Waals surface area (Å²) in [6.07, 6.45) is -4.48. The number of thiocarbonyl (C=S) groups is 1. The van der Waals surface area contributed by atoms with Crippen molar-refractivity contribution in [3.63, 3.8) is 0 Å². The molecule has 0 saturated heterocycles. The molecule has 0 bridgehead atoms. The molecule has 0 aromatic heterocycles. The topological polar surface area (TPSA) is 41.3 Å². The van der Waals surface area contributed by atoms with Crippen LogP contribution in [0.25, 0.3) is 0 Å². The van der Waals surface area contributed by atoms with Crippen molar-refractivity contribution >= 4 is 22.9 Å². The first-order chi connectivity index (χ1) is 7.71. The van der Waals surface area contributed by atoms with Crippen molar-refractivity contribution in [1.82, 2.24) is 5.01 Å². The van der Waals surface area contributed by atoms with Crippen molar-refractivity contribution in [2.45, 2.75) is 6.18 Å². The van der Waals surface area contributed by atoms with Crippen molar-refractivity contribution < 1.29 is 13.2 Å². The summed E-state index contributed by atoms with van der Waals surface area (Å²) in [5.74, 6) is 0. The third kappa shape index (κ3) is 3.57. The Balaban J connectivity index is 3.25. The van der Waals surface area contributed by atoms with Crippen LogP contribution in [0.2, 0.25) is 0 Å². The van der Waals surface area contributed by atoms with E-state index in [9.17, 15) is 13.2 Å². The van der Waals surface area contributed by atoms with E-state index in [0.29, 0.717) is 5.69 Å². The second-order valence-electron chi connectivity index (χ2n) is 3.63. The minimum atomic E-state index is -4.48. The lowest BCUT2D eigenvalue weighted by Crippen LogP contribution is -2.22. The van der Waals surface area contributed by atoms with Crippen LogP contribution in [0, 0.1) is 0 Å². The minimum Gasteiger partial charge on any atom is -0.389 e. The number of benzene rings is 1. The minimum absolute atomic E-state index is 0.170. The predicted molar refractivity (Wildman–Crippen MR) is 64.6 cm³/mol. The fourth-order valence-electron chi connectivity index (χ4n) is 1.32. The summed E-state index contributed by atoms with van der Waals surface area (Å²) in [6.45, 7) is 0. The number of nitrogens with zero attached hydrogens (tertiary/aromatic N) is 1. The van der Waals surface area contributed by atoms with Gasteiger partial charge in [0.05, 0.1) is 5.56 Å². The third-order valence-corrected chi connectivity index (χ3v) is 2.16. The van der Waals surface area contributed by atoms with Crippen molar-refractivity contribution in [3.8, 4) is 0 Å². The summed E-state index contributed by atoms with van der Waals surface area (Å²) < 4.78 is 38.3. The van der Waals surface area contributed by atoms with Crippen molar-refractivity contribution in [3.05, 3.63) is 29.3 Å². The lowest BCUT2D eigenvalue weighted by molar-refractivity contribution is -0.137. The number of nitrogens with two attached hydrogens (primary N) is 1. The molecule has 0 atom stereocenters. The zero-order chi connectivity index (χ0) is 13.2. The molecule has 0 heterocycles. The van der Waals surface area contributed by atoms with Crippen LogP contribution < -0.4 is 11.2 Å². The van der Waals surface area contributed by atoms with E-state index in [4.69, 9.17) is 5.73 Å². The van der Waals surface area contributed by atoms with E-state index in [-0.39, 0.29) is 10.6 Å². The molecule has 1 rings (SSSR count). The van der Waals surface area contributed by atoms with Crippen LogP contribution in [0.3, 0.4) is 0 Å². The van der Waals surface area contributed by atoms with Gasteiger partial charge in [-0.05, 0) is 18.2 Å². The Kier molecular flexibility index (Phi) is 3.94. The highest BCUT2D eigenvalue weighted by Crippen LogP contribution is 2.33. The third-order valence-electron chi connectivity index (χ3n) is 1.94. The first-order valence-electron chi connectivity index (χ1n) is 4.67. The molecule has 1 aromatic carbocycles. The quantitative estimate of drug-likeness (QED) is 0.648. The maximum absolute atomic E-state index is 12.8. The molecule has 0 saturated carbocycles. The van der Waals surface area contributed by atoms with Gasteiger partial charge in [0.1, 0.15) is 4.99 Å². The van der Waals surface area contributed by atoms with Gasteiger partial charge in [-0.1, -0.05) is 12.2 Å². The van der Waals surface area contributed by atoms with Crippen molar-refractivity contribution in [1.29, 1.82) is 0 Å². The number of alkyl halides is 3. The van der Waals surface area contributed by atoms with Gasteiger partial charge in [0.25, 0.3) is 0 Å². The van der Waals surface area contributed by atoms with Gasteiger partial charge >= 0.3 is 6.18 Å². The van der Waals surface area contributed by atoms with Crippen LogP contribution in [0.1, 0.15) is 11.1 Å². The lowest BCUT2D eigenvalue weighted by Gasteiger charge is -2.17. The Hall–Kier alpha value is -1.34. The van der Waals surface area contributed by atoms with E-state index in [0.717, 1.165) is 6.07 Å². The normalized spacial score (nSPS) is 11.6. The number of hydrogen-bond donors (Lipinski definition) is 2.